The predicted molar refractivity (Wildman–Crippen MR) is 76.5 cm³/mol. The maximum Gasteiger partial charge on any atom is 0.0602 e. The van der Waals surface area contributed by atoms with Crippen LogP contribution in [0.2, 0.25) is 0 Å². The zero-order valence-corrected chi connectivity index (χ0v) is 12.5. The number of hydrogen-bond acceptors (Lipinski definition) is 4. The van der Waals surface area contributed by atoms with E-state index in [1.807, 2.05) is 0 Å². The van der Waals surface area contributed by atoms with E-state index in [0.717, 1.165) is 19.6 Å². The van der Waals surface area contributed by atoms with Gasteiger partial charge in [0.25, 0.3) is 0 Å². The molecule has 1 saturated carbocycles. The summed E-state index contributed by atoms with van der Waals surface area (Å²) in [5.41, 5.74) is 6.30. The Morgan fingerprint density at radius 2 is 1.83 bits per heavy atom. The molecule has 2 unspecified atom stereocenters. The fourth-order valence-electron chi connectivity index (χ4n) is 2.47. The Hall–Kier alpha value is -0.160. The van der Waals surface area contributed by atoms with E-state index in [0.29, 0.717) is 11.8 Å². The summed E-state index contributed by atoms with van der Waals surface area (Å²) < 4.78 is 0. The lowest BCUT2D eigenvalue weighted by molar-refractivity contribution is 0.0821. The summed E-state index contributed by atoms with van der Waals surface area (Å²) in [6, 6.07) is 0.260. The third-order valence-corrected chi connectivity index (χ3v) is 3.70. The molecule has 0 aromatic rings. The highest BCUT2D eigenvalue weighted by Gasteiger charge is 2.36. The molecule has 3 N–H and O–H groups in total. The molecule has 0 heterocycles. The lowest BCUT2D eigenvalue weighted by atomic mass is 10.0. The van der Waals surface area contributed by atoms with Crippen LogP contribution in [0.5, 0.6) is 0 Å². The van der Waals surface area contributed by atoms with E-state index in [2.05, 4.69) is 37.7 Å². The molecule has 0 radical (unpaired) electrons. The molecule has 0 spiro atoms. The third-order valence-electron chi connectivity index (χ3n) is 3.70. The molecular weight excluding hydrogens is 226 g/mol. The van der Waals surface area contributed by atoms with Gasteiger partial charge in [-0.05, 0) is 38.8 Å². The fourth-order valence-corrected chi connectivity index (χ4v) is 2.47. The second-order valence-corrected chi connectivity index (χ2v) is 6.36. The maximum absolute atomic E-state index is 9.69. The molecular formula is C14H31N3O. The molecule has 1 rings (SSSR count). The minimum atomic E-state index is 0.125. The molecule has 1 aliphatic carbocycles. The van der Waals surface area contributed by atoms with Gasteiger partial charge in [0, 0.05) is 31.7 Å². The monoisotopic (exact) mass is 257 g/mol. The first-order valence-corrected chi connectivity index (χ1v) is 7.21. The van der Waals surface area contributed by atoms with E-state index in [4.69, 9.17) is 5.73 Å². The topological polar surface area (TPSA) is 52.7 Å². The van der Waals surface area contributed by atoms with Crippen LogP contribution in [0.4, 0.5) is 0 Å². The molecule has 0 saturated heterocycles. The van der Waals surface area contributed by atoms with Gasteiger partial charge in [-0.25, -0.2) is 0 Å². The van der Waals surface area contributed by atoms with Gasteiger partial charge in [-0.1, -0.05) is 13.8 Å². The molecule has 0 amide bonds. The number of nitrogens with zero attached hydrogens (tertiary/aromatic N) is 2. The summed E-state index contributed by atoms with van der Waals surface area (Å²) >= 11 is 0. The minimum absolute atomic E-state index is 0.125. The summed E-state index contributed by atoms with van der Waals surface area (Å²) in [6.45, 7) is 7.63. The van der Waals surface area contributed by atoms with Gasteiger partial charge in [-0.3, -0.25) is 4.90 Å². The van der Waals surface area contributed by atoms with Gasteiger partial charge in [0.2, 0.25) is 0 Å². The molecule has 4 nitrogen and oxygen atoms in total. The Balaban J connectivity index is 2.58. The average Bonchev–Trinajstić information content (AvgIpc) is 3.09. The second kappa shape index (κ2) is 7.43. The minimum Gasteiger partial charge on any atom is -0.395 e. The summed E-state index contributed by atoms with van der Waals surface area (Å²) in [4.78, 5) is 4.57. The number of likely N-dealkylation sites (N-methyl/N-ethyl adjacent to an activating group) is 1. The largest absolute Gasteiger partial charge is 0.395 e. The Morgan fingerprint density at radius 1 is 1.22 bits per heavy atom. The van der Waals surface area contributed by atoms with E-state index < -0.39 is 0 Å². The Morgan fingerprint density at radius 3 is 2.22 bits per heavy atom. The van der Waals surface area contributed by atoms with Gasteiger partial charge in [0.15, 0.2) is 0 Å². The van der Waals surface area contributed by atoms with Crippen molar-refractivity contribution in [3.05, 3.63) is 0 Å². The third kappa shape index (κ3) is 5.22. The smallest absolute Gasteiger partial charge is 0.0602 e. The van der Waals surface area contributed by atoms with Crippen molar-refractivity contribution < 1.29 is 5.11 Å². The Labute approximate surface area is 112 Å². The van der Waals surface area contributed by atoms with Gasteiger partial charge in [-0.2, -0.15) is 0 Å². The van der Waals surface area contributed by atoms with E-state index >= 15 is 0 Å². The zero-order chi connectivity index (χ0) is 13.7. The molecule has 0 bridgehead atoms. The van der Waals surface area contributed by atoms with Gasteiger partial charge in [-0.15, -0.1) is 0 Å². The number of aliphatic hydroxyl groups excluding tert-OH is 1. The lowest BCUT2D eigenvalue weighted by Gasteiger charge is -2.36. The molecule has 4 heteroatoms. The van der Waals surface area contributed by atoms with E-state index in [1.54, 1.807) is 0 Å². The van der Waals surface area contributed by atoms with Gasteiger partial charge < -0.3 is 15.7 Å². The molecule has 1 fully saturated rings. The van der Waals surface area contributed by atoms with Crippen molar-refractivity contribution in [3.8, 4) is 0 Å². The van der Waals surface area contributed by atoms with Crippen LogP contribution in [-0.2, 0) is 0 Å². The van der Waals surface area contributed by atoms with Crippen LogP contribution in [0.1, 0.15) is 26.7 Å². The van der Waals surface area contributed by atoms with Gasteiger partial charge in [0.1, 0.15) is 0 Å². The highest BCUT2D eigenvalue weighted by molar-refractivity contribution is 4.93. The molecule has 0 aliphatic heterocycles. The van der Waals surface area contributed by atoms with Gasteiger partial charge in [0.05, 0.1) is 6.61 Å². The number of aliphatic hydroxyl groups is 1. The summed E-state index contributed by atoms with van der Waals surface area (Å²) in [6.07, 6.45) is 2.47. The number of nitrogens with two attached hydrogens (primary N) is 1. The lowest BCUT2D eigenvalue weighted by Crippen LogP contribution is -2.53. The standard InChI is InChI=1S/C14H31N3O/c1-11(2)9-17(8-7-16(3)4)13(10-18)14(15)12-5-6-12/h11-14,18H,5-10,15H2,1-4H3. The molecule has 0 aromatic heterocycles. The van der Waals surface area contributed by atoms with Crippen LogP contribution in [0, 0.1) is 11.8 Å². The first kappa shape index (κ1) is 15.9. The number of hydrogen-bond donors (Lipinski definition) is 2. The van der Waals surface area contributed by atoms with E-state index in [9.17, 15) is 5.11 Å². The van der Waals surface area contributed by atoms with Crippen molar-refractivity contribution in [1.29, 1.82) is 0 Å². The van der Waals surface area contributed by atoms with Crippen molar-refractivity contribution in [1.82, 2.24) is 9.80 Å². The average molecular weight is 257 g/mol. The fraction of sp³-hybridized carbons (Fsp3) is 1.00. The summed E-state index contributed by atoms with van der Waals surface area (Å²) in [7, 11) is 4.17. The van der Waals surface area contributed by atoms with Crippen LogP contribution in [0.15, 0.2) is 0 Å². The van der Waals surface area contributed by atoms with Crippen LogP contribution < -0.4 is 5.73 Å². The Bertz CT molecular complexity index is 229. The van der Waals surface area contributed by atoms with Crippen molar-refractivity contribution in [2.75, 3.05) is 40.3 Å². The van der Waals surface area contributed by atoms with Crippen molar-refractivity contribution in [2.24, 2.45) is 17.6 Å². The van der Waals surface area contributed by atoms with Crippen molar-refractivity contribution >= 4 is 0 Å². The van der Waals surface area contributed by atoms with Gasteiger partial charge >= 0.3 is 0 Å². The summed E-state index contributed by atoms with van der Waals surface area (Å²) in [5.74, 6) is 1.24. The molecule has 18 heavy (non-hydrogen) atoms. The first-order chi connectivity index (χ1) is 8.45. The molecule has 1 aliphatic rings. The normalized spacial score (nSPS) is 19.8. The molecule has 2 atom stereocenters. The SMILES string of the molecule is CC(C)CN(CCN(C)C)C(CO)C(N)C1CC1. The van der Waals surface area contributed by atoms with Crippen molar-refractivity contribution in [2.45, 2.75) is 38.8 Å². The zero-order valence-electron chi connectivity index (χ0n) is 12.5. The maximum atomic E-state index is 9.69. The quantitative estimate of drug-likeness (QED) is 0.635. The van der Waals surface area contributed by atoms with E-state index in [-0.39, 0.29) is 18.7 Å². The predicted octanol–water partition coefficient (Wildman–Crippen LogP) is 0.604. The van der Waals surface area contributed by atoms with Crippen molar-refractivity contribution in [3.63, 3.8) is 0 Å². The number of rotatable bonds is 9. The van der Waals surface area contributed by atoms with Crippen LogP contribution in [0.25, 0.3) is 0 Å². The van der Waals surface area contributed by atoms with Crippen LogP contribution in [-0.4, -0.2) is 67.3 Å². The molecule has 108 valence electrons. The molecule has 0 aromatic carbocycles. The highest BCUT2D eigenvalue weighted by Crippen LogP contribution is 2.34. The van der Waals surface area contributed by atoms with E-state index in [1.165, 1.54) is 12.8 Å². The first-order valence-electron chi connectivity index (χ1n) is 7.21. The van der Waals surface area contributed by atoms with Crippen LogP contribution >= 0.6 is 0 Å². The van der Waals surface area contributed by atoms with Crippen LogP contribution in [0.3, 0.4) is 0 Å². The highest BCUT2D eigenvalue weighted by atomic mass is 16.3. The summed E-state index contributed by atoms with van der Waals surface area (Å²) in [5, 5.41) is 9.69. The second-order valence-electron chi connectivity index (χ2n) is 6.36. The Kier molecular flexibility index (Phi) is 6.57.